The minimum absolute atomic E-state index is 0.250. The van der Waals surface area contributed by atoms with Gasteiger partial charge in [-0.15, -0.1) is 0 Å². The summed E-state index contributed by atoms with van der Waals surface area (Å²) in [6.45, 7) is 6.04. The quantitative estimate of drug-likeness (QED) is 0.631. The number of hydrogen-bond donors (Lipinski definition) is 0. The van der Waals surface area contributed by atoms with Crippen LogP contribution in [0.5, 0.6) is 0 Å². The molecule has 0 amide bonds. The van der Waals surface area contributed by atoms with E-state index < -0.39 is 5.79 Å². The van der Waals surface area contributed by atoms with E-state index in [4.69, 9.17) is 14.2 Å². The van der Waals surface area contributed by atoms with Crippen molar-refractivity contribution in [3.05, 3.63) is 11.1 Å². The second kappa shape index (κ2) is 3.78. The van der Waals surface area contributed by atoms with Gasteiger partial charge in [0.25, 0.3) is 0 Å². The Morgan fingerprint density at radius 1 is 1.46 bits per heavy atom. The van der Waals surface area contributed by atoms with Crippen LogP contribution in [-0.4, -0.2) is 26.3 Å². The Kier molecular flexibility index (Phi) is 3.11. The smallest absolute Gasteiger partial charge is 0.191 e. The molecule has 1 heterocycles. The van der Waals surface area contributed by atoms with Crippen molar-refractivity contribution in [3.8, 4) is 0 Å². The van der Waals surface area contributed by atoms with E-state index in [1.165, 1.54) is 5.57 Å². The summed E-state index contributed by atoms with van der Waals surface area (Å²) < 4.78 is 16.2. The van der Waals surface area contributed by atoms with Crippen molar-refractivity contribution < 1.29 is 14.2 Å². The molecule has 3 nitrogen and oxygen atoms in total. The molecule has 2 unspecified atom stereocenters. The van der Waals surface area contributed by atoms with Crippen LogP contribution in [0.4, 0.5) is 0 Å². The number of hydrogen-bond acceptors (Lipinski definition) is 3. The molecule has 3 heteroatoms. The van der Waals surface area contributed by atoms with Gasteiger partial charge in [-0.3, -0.25) is 0 Å². The first-order chi connectivity index (χ1) is 6.09. The van der Waals surface area contributed by atoms with Gasteiger partial charge in [-0.25, -0.2) is 0 Å². The highest BCUT2D eigenvalue weighted by molar-refractivity contribution is 5.26. The maximum Gasteiger partial charge on any atom is 0.191 e. The normalized spacial score (nSPS) is 34.4. The van der Waals surface area contributed by atoms with Gasteiger partial charge in [-0.1, -0.05) is 6.92 Å². The molecule has 13 heavy (non-hydrogen) atoms. The maximum atomic E-state index is 5.64. The monoisotopic (exact) mass is 186 g/mol. The minimum atomic E-state index is -0.598. The zero-order valence-electron chi connectivity index (χ0n) is 9.01. The molecule has 1 aliphatic rings. The molecule has 1 aliphatic heterocycles. The molecular formula is C10H18O3. The van der Waals surface area contributed by atoms with Gasteiger partial charge in [0.1, 0.15) is 0 Å². The van der Waals surface area contributed by atoms with Crippen LogP contribution >= 0.6 is 0 Å². The Labute approximate surface area is 79.7 Å². The van der Waals surface area contributed by atoms with Crippen LogP contribution in [0.2, 0.25) is 0 Å². The molecule has 0 aromatic heterocycles. The molecule has 2 atom stereocenters. The van der Waals surface area contributed by atoms with E-state index >= 15 is 0 Å². The molecule has 0 aromatic carbocycles. The molecule has 1 rings (SSSR count). The molecule has 0 aromatic rings. The summed E-state index contributed by atoms with van der Waals surface area (Å²) in [5, 5.41) is 0. The predicted molar refractivity (Wildman–Crippen MR) is 50.3 cm³/mol. The first kappa shape index (κ1) is 10.7. The third-order valence-electron chi connectivity index (χ3n) is 2.67. The molecular weight excluding hydrogens is 168 g/mol. The zero-order chi connectivity index (χ0) is 10.1. The summed E-state index contributed by atoms with van der Waals surface area (Å²) in [7, 11) is 3.30. The molecule has 0 spiro atoms. The molecule has 0 saturated heterocycles. The molecule has 0 bridgehead atoms. The Bertz CT molecular complexity index is 222. The van der Waals surface area contributed by atoms with Gasteiger partial charge in [-0.2, -0.15) is 0 Å². The van der Waals surface area contributed by atoms with Gasteiger partial charge in [0, 0.05) is 14.2 Å². The highest BCUT2D eigenvalue weighted by Crippen LogP contribution is 2.38. The highest BCUT2D eigenvalue weighted by atomic mass is 16.8. The molecule has 0 saturated carbocycles. The summed E-state index contributed by atoms with van der Waals surface area (Å²) in [6.07, 6.45) is 0.677. The first-order valence-electron chi connectivity index (χ1n) is 4.55. The van der Waals surface area contributed by atoms with E-state index in [1.54, 1.807) is 14.2 Å². The first-order valence-corrected chi connectivity index (χ1v) is 4.55. The predicted octanol–water partition coefficient (Wildman–Crippen LogP) is 2.08. The van der Waals surface area contributed by atoms with Crippen molar-refractivity contribution in [2.45, 2.75) is 39.3 Å². The van der Waals surface area contributed by atoms with Gasteiger partial charge in [0.15, 0.2) is 12.1 Å². The average molecular weight is 186 g/mol. The summed E-state index contributed by atoms with van der Waals surface area (Å²) in [6, 6.07) is 0. The van der Waals surface area contributed by atoms with Crippen molar-refractivity contribution >= 4 is 0 Å². The van der Waals surface area contributed by atoms with Crippen molar-refractivity contribution in [3.63, 3.8) is 0 Å². The SMILES string of the molecule is CCC1=C(C)C(OC)OC1(C)OC. The van der Waals surface area contributed by atoms with Crippen LogP contribution < -0.4 is 0 Å². The second-order valence-corrected chi connectivity index (χ2v) is 3.35. The highest BCUT2D eigenvalue weighted by Gasteiger charge is 2.41. The fourth-order valence-electron chi connectivity index (χ4n) is 1.86. The fraction of sp³-hybridized carbons (Fsp3) is 0.800. The van der Waals surface area contributed by atoms with Crippen LogP contribution in [0.25, 0.3) is 0 Å². The Morgan fingerprint density at radius 2 is 2.08 bits per heavy atom. The lowest BCUT2D eigenvalue weighted by molar-refractivity contribution is -0.239. The average Bonchev–Trinajstić information content (AvgIpc) is 2.39. The van der Waals surface area contributed by atoms with E-state index in [-0.39, 0.29) is 6.29 Å². The Morgan fingerprint density at radius 3 is 2.38 bits per heavy atom. The molecule has 0 N–H and O–H groups in total. The number of ether oxygens (including phenoxy) is 3. The van der Waals surface area contributed by atoms with Crippen LogP contribution in [0.3, 0.4) is 0 Å². The van der Waals surface area contributed by atoms with E-state index in [2.05, 4.69) is 6.92 Å². The van der Waals surface area contributed by atoms with E-state index in [0.717, 1.165) is 12.0 Å². The molecule has 0 radical (unpaired) electrons. The lowest BCUT2D eigenvalue weighted by Gasteiger charge is -2.25. The summed E-state index contributed by atoms with van der Waals surface area (Å²) in [5.41, 5.74) is 2.32. The number of rotatable bonds is 3. The van der Waals surface area contributed by atoms with E-state index in [9.17, 15) is 0 Å². The maximum absolute atomic E-state index is 5.64. The van der Waals surface area contributed by atoms with E-state index in [0.29, 0.717) is 0 Å². The van der Waals surface area contributed by atoms with Gasteiger partial charge in [0.2, 0.25) is 0 Å². The molecule has 0 fully saturated rings. The molecule has 76 valence electrons. The minimum Gasteiger partial charge on any atom is -0.352 e. The van der Waals surface area contributed by atoms with Crippen LogP contribution in [0, 0.1) is 0 Å². The topological polar surface area (TPSA) is 27.7 Å². The largest absolute Gasteiger partial charge is 0.352 e. The zero-order valence-corrected chi connectivity index (χ0v) is 9.01. The van der Waals surface area contributed by atoms with E-state index in [1.807, 2.05) is 13.8 Å². The van der Waals surface area contributed by atoms with Crippen molar-refractivity contribution in [1.29, 1.82) is 0 Å². The molecule has 0 aliphatic carbocycles. The summed E-state index contributed by atoms with van der Waals surface area (Å²) in [5.74, 6) is -0.598. The third-order valence-corrected chi connectivity index (χ3v) is 2.67. The van der Waals surface area contributed by atoms with Crippen LogP contribution in [0.15, 0.2) is 11.1 Å². The second-order valence-electron chi connectivity index (χ2n) is 3.35. The van der Waals surface area contributed by atoms with Crippen LogP contribution in [0.1, 0.15) is 27.2 Å². The van der Waals surface area contributed by atoms with Crippen molar-refractivity contribution in [1.82, 2.24) is 0 Å². The van der Waals surface area contributed by atoms with Gasteiger partial charge < -0.3 is 14.2 Å². The third kappa shape index (κ3) is 1.64. The van der Waals surface area contributed by atoms with Gasteiger partial charge in [-0.05, 0) is 31.4 Å². The Balaban J connectivity index is 2.96. The Hall–Kier alpha value is -0.380. The lowest BCUT2D eigenvalue weighted by atomic mass is 10.0. The van der Waals surface area contributed by atoms with Crippen molar-refractivity contribution in [2.24, 2.45) is 0 Å². The summed E-state index contributed by atoms with van der Waals surface area (Å²) in [4.78, 5) is 0. The number of methoxy groups -OCH3 is 2. The fourth-order valence-corrected chi connectivity index (χ4v) is 1.86. The van der Waals surface area contributed by atoms with Crippen LogP contribution in [-0.2, 0) is 14.2 Å². The van der Waals surface area contributed by atoms with Gasteiger partial charge in [0.05, 0.1) is 0 Å². The lowest BCUT2D eigenvalue weighted by Crippen LogP contribution is -2.31. The standard InChI is InChI=1S/C10H18O3/c1-6-8-7(2)9(11-4)13-10(8,3)12-5/h9H,6H2,1-5H3. The van der Waals surface area contributed by atoms with Gasteiger partial charge >= 0.3 is 0 Å². The summed E-state index contributed by atoms with van der Waals surface area (Å²) >= 11 is 0. The van der Waals surface area contributed by atoms with Crippen molar-refractivity contribution in [2.75, 3.05) is 14.2 Å².